The van der Waals surface area contributed by atoms with Gasteiger partial charge in [0.2, 0.25) is 5.91 Å². The number of carbonyl (C=O) groups is 1. The molecule has 4 aliphatic rings. The number of hydrogen-bond donors (Lipinski definition) is 1. The Bertz CT molecular complexity index is 373. The number of hydrogen-bond acceptors (Lipinski definition) is 3. The minimum Gasteiger partial charge on any atom is -0.374 e. The van der Waals surface area contributed by atoms with Crippen LogP contribution in [0.1, 0.15) is 51.4 Å². The first-order chi connectivity index (χ1) is 9.83. The molecule has 0 spiro atoms. The highest BCUT2D eigenvalue weighted by Gasteiger charge is 2.44. The van der Waals surface area contributed by atoms with Gasteiger partial charge in [0.05, 0.1) is 24.8 Å². The molecule has 5 unspecified atom stereocenters. The molecule has 0 aromatic heterocycles. The molecule has 2 aliphatic heterocycles. The first-order valence-corrected chi connectivity index (χ1v) is 8.51. The van der Waals surface area contributed by atoms with Gasteiger partial charge in [-0.25, -0.2) is 0 Å². The maximum atomic E-state index is 12.9. The van der Waals surface area contributed by atoms with E-state index >= 15 is 0 Å². The van der Waals surface area contributed by atoms with Crippen molar-refractivity contribution in [2.75, 3.05) is 13.2 Å². The van der Waals surface area contributed by atoms with Gasteiger partial charge in [0, 0.05) is 12.6 Å². The fourth-order valence-corrected chi connectivity index (χ4v) is 4.91. The number of ether oxygens (including phenoxy) is 1. The second-order valence-electron chi connectivity index (χ2n) is 7.05. The largest absolute Gasteiger partial charge is 0.374 e. The van der Waals surface area contributed by atoms with Crippen LogP contribution in [-0.4, -0.2) is 48.2 Å². The third kappa shape index (κ3) is 2.17. The molecule has 20 heavy (non-hydrogen) atoms. The first kappa shape index (κ1) is 13.1. The fourth-order valence-electron chi connectivity index (χ4n) is 4.91. The molecule has 4 nitrogen and oxygen atoms in total. The Morgan fingerprint density at radius 1 is 1.10 bits per heavy atom. The summed E-state index contributed by atoms with van der Waals surface area (Å²) < 4.78 is 5.83. The molecule has 0 aromatic rings. The molecule has 2 saturated heterocycles. The van der Waals surface area contributed by atoms with Crippen LogP contribution in [0.15, 0.2) is 0 Å². The highest BCUT2D eigenvalue weighted by atomic mass is 16.5. The van der Waals surface area contributed by atoms with E-state index in [0.29, 0.717) is 24.1 Å². The second-order valence-corrected chi connectivity index (χ2v) is 7.05. The van der Waals surface area contributed by atoms with Crippen molar-refractivity contribution in [3.63, 3.8) is 0 Å². The maximum Gasteiger partial charge on any atom is 0.240 e. The van der Waals surface area contributed by atoms with E-state index in [4.69, 9.17) is 4.74 Å². The molecule has 2 aliphatic carbocycles. The van der Waals surface area contributed by atoms with Crippen LogP contribution in [0.25, 0.3) is 0 Å². The van der Waals surface area contributed by atoms with E-state index < -0.39 is 0 Å². The summed E-state index contributed by atoms with van der Waals surface area (Å²) in [4.78, 5) is 15.0. The van der Waals surface area contributed by atoms with Crippen molar-refractivity contribution in [1.82, 2.24) is 10.2 Å². The van der Waals surface area contributed by atoms with Gasteiger partial charge in [-0.2, -0.15) is 0 Å². The highest BCUT2D eigenvalue weighted by molar-refractivity contribution is 5.83. The zero-order valence-corrected chi connectivity index (χ0v) is 12.2. The topological polar surface area (TPSA) is 41.6 Å². The van der Waals surface area contributed by atoms with E-state index in [1.807, 2.05) is 0 Å². The van der Waals surface area contributed by atoms with Crippen LogP contribution in [0.4, 0.5) is 0 Å². The molecule has 0 radical (unpaired) electrons. The average molecular weight is 278 g/mol. The van der Waals surface area contributed by atoms with Gasteiger partial charge < -0.3 is 15.0 Å². The number of carbonyl (C=O) groups excluding carboxylic acids is 1. The molecule has 0 aromatic carbocycles. The SMILES string of the molecule is O=C(C1CC2CCCCC2N1)N1CCOC2CCCC21. The summed E-state index contributed by atoms with van der Waals surface area (Å²) in [7, 11) is 0. The van der Waals surface area contributed by atoms with E-state index in [9.17, 15) is 4.79 Å². The van der Waals surface area contributed by atoms with Crippen molar-refractivity contribution >= 4 is 5.91 Å². The Morgan fingerprint density at radius 3 is 2.90 bits per heavy atom. The van der Waals surface area contributed by atoms with Gasteiger partial charge in [-0.1, -0.05) is 12.8 Å². The summed E-state index contributed by atoms with van der Waals surface area (Å²) in [5.74, 6) is 1.11. The number of nitrogens with one attached hydrogen (secondary N) is 1. The monoisotopic (exact) mass is 278 g/mol. The number of fused-ring (bicyclic) bond motifs is 2. The van der Waals surface area contributed by atoms with Gasteiger partial charge in [-0.15, -0.1) is 0 Å². The zero-order chi connectivity index (χ0) is 13.5. The molecule has 4 fully saturated rings. The minimum absolute atomic E-state index is 0.0856. The molecule has 2 heterocycles. The van der Waals surface area contributed by atoms with E-state index in [1.54, 1.807) is 0 Å². The van der Waals surface area contributed by atoms with Gasteiger partial charge in [0.25, 0.3) is 0 Å². The van der Waals surface area contributed by atoms with Gasteiger partial charge >= 0.3 is 0 Å². The Morgan fingerprint density at radius 2 is 2.00 bits per heavy atom. The van der Waals surface area contributed by atoms with Gasteiger partial charge in [-0.05, 0) is 44.4 Å². The summed E-state index contributed by atoms with van der Waals surface area (Å²) in [6.07, 6.45) is 10.1. The van der Waals surface area contributed by atoms with Gasteiger partial charge in [0.15, 0.2) is 0 Å². The molecular formula is C16H26N2O2. The van der Waals surface area contributed by atoms with Crippen LogP contribution in [0, 0.1) is 5.92 Å². The third-order valence-electron chi connectivity index (χ3n) is 5.93. The second kappa shape index (κ2) is 5.30. The van der Waals surface area contributed by atoms with Crippen molar-refractivity contribution in [2.45, 2.75) is 75.6 Å². The van der Waals surface area contributed by atoms with Crippen LogP contribution >= 0.6 is 0 Å². The van der Waals surface area contributed by atoms with E-state index in [1.165, 1.54) is 32.1 Å². The molecule has 4 heteroatoms. The molecule has 1 N–H and O–H groups in total. The molecule has 4 rings (SSSR count). The number of nitrogens with zero attached hydrogens (tertiary/aromatic N) is 1. The zero-order valence-electron chi connectivity index (χ0n) is 12.2. The number of morpholine rings is 1. The van der Waals surface area contributed by atoms with Crippen LogP contribution in [0.3, 0.4) is 0 Å². The summed E-state index contributed by atoms with van der Waals surface area (Å²) in [5.41, 5.74) is 0. The first-order valence-electron chi connectivity index (χ1n) is 8.51. The van der Waals surface area contributed by atoms with Gasteiger partial charge in [-0.3, -0.25) is 4.79 Å². The smallest absolute Gasteiger partial charge is 0.240 e. The predicted molar refractivity (Wildman–Crippen MR) is 76.4 cm³/mol. The Kier molecular flexibility index (Phi) is 3.47. The lowest BCUT2D eigenvalue weighted by Gasteiger charge is -2.39. The molecule has 5 atom stereocenters. The van der Waals surface area contributed by atoms with Crippen molar-refractivity contribution in [2.24, 2.45) is 5.92 Å². The molecule has 2 saturated carbocycles. The quantitative estimate of drug-likeness (QED) is 0.793. The fraction of sp³-hybridized carbons (Fsp3) is 0.938. The minimum atomic E-state index is 0.0856. The number of rotatable bonds is 1. The standard InChI is InChI=1S/C16H26N2O2/c19-16(13-10-11-4-1-2-5-12(11)17-13)18-8-9-20-15-7-3-6-14(15)18/h11-15,17H,1-10H2. The molecule has 1 amide bonds. The lowest BCUT2D eigenvalue weighted by Crippen LogP contribution is -2.56. The van der Waals surface area contributed by atoms with Crippen LogP contribution in [0.2, 0.25) is 0 Å². The summed E-state index contributed by atoms with van der Waals surface area (Å²) in [6.45, 7) is 1.53. The lowest BCUT2D eigenvalue weighted by molar-refractivity contribution is -0.146. The Hall–Kier alpha value is -0.610. The molecule has 112 valence electrons. The summed E-state index contributed by atoms with van der Waals surface area (Å²) in [6, 6.07) is 1.06. The molecular weight excluding hydrogens is 252 g/mol. The van der Waals surface area contributed by atoms with Crippen molar-refractivity contribution in [3.8, 4) is 0 Å². The highest BCUT2D eigenvalue weighted by Crippen LogP contribution is 2.35. The van der Waals surface area contributed by atoms with E-state index in [0.717, 1.165) is 38.3 Å². The van der Waals surface area contributed by atoms with E-state index in [2.05, 4.69) is 10.2 Å². The molecule has 0 bridgehead atoms. The van der Waals surface area contributed by atoms with E-state index in [-0.39, 0.29) is 6.04 Å². The third-order valence-corrected chi connectivity index (χ3v) is 5.93. The predicted octanol–water partition coefficient (Wildman–Crippen LogP) is 1.69. The van der Waals surface area contributed by atoms with Crippen LogP contribution < -0.4 is 5.32 Å². The Balaban J connectivity index is 1.44. The van der Waals surface area contributed by atoms with Crippen molar-refractivity contribution < 1.29 is 9.53 Å². The van der Waals surface area contributed by atoms with Gasteiger partial charge in [0.1, 0.15) is 0 Å². The van der Waals surface area contributed by atoms with Crippen molar-refractivity contribution in [3.05, 3.63) is 0 Å². The summed E-state index contributed by atoms with van der Waals surface area (Å²) in [5, 5.41) is 3.64. The lowest BCUT2D eigenvalue weighted by atomic mass is 9.85. The Labute approximate surface area is 121 Å². The van der Waals surface area contributed by atoms with Crippen LogP contribution in [0.5, 0.6) is 0 Å². The number of amides is 1. The van der Waals surface area contributed by atoms with Crippen LogP contribution in [-0.2, 0) is 9.53 Å². The summed E-state index contributed by atoms with van der Waals surface area (Å²) >= 11 is 0. The average Bonchev–Trinajstić information content (AvgIpc) is 3.12. The normalized spacial score (nSPS) is 44.2. The van der Waals surface area contributed by atoms with Crippen molar-refractivity contribution in [1.29, 1.82) is 0 Å². The maximum absolute atomic E-state index is 12.9.